The van der Waals surface area contributed by atoms with E-state index in [1.165, 1.54) is 19.3 Å². The van der Waals surface area contributed by atoms with Crippen LogP contribution in [-0.2, 0) is 11.2 Å². The van der Waals surface area contributed by atoms with Gasteiger partial charge in [0.05, 0.1) is 6.42 Å². The van der Waals surface area contributed by atoms with Gasteiger partial charge in [-0.1, -0.05) is 6.42 Å². The lowest BCUT2D eigenvalue weighted by molar-refractivity contribution is -0.130. The lowest BCUT2D eigenvalue weighted by Crippen LogP contribution is -2.46. The van der Waals surface area contributed by atoms with Crippen LogP contribution < -0.4 is 5.32 Å². The molecule has 2 rings (SSSR count). The van der Waals surface area contributed by atoms with Crippen LogP contribution in [0.4, 0.5) is 0 Å². The number of rotatable bonds is 5. The zero-order valence-corrected chi connectivity index (χ0v) is 11.6. The van der Waals surface area contributed by atoms with Crippen molar-refractivity contribution >= 4 is 5.91 Å². The lowest BCUT2D eigenvalue weighted by atomic mass is 10.0. The molecule has 4 nitrogen and oxygen atoms in total. The van der Waals surface area contributed by atoms with E-state index in [-0.39, 0.29) is 5.91 Å². The average Bonchev–Trinajstić information content (AvgIpc) is 2.47. The van der Waals surface area contributed by atoms with Gasteiger partial charge in [0.2, 0.25) is 5.91 Å². The summed E-state index contributed by atoms with van der Waals surface area (Å²) in [6, 6.07) is 4.28. The van der Waals surface area contributed by atoms with E-state index < -0.39 is 0 Å². The fraction of sp³-hybridized carbons (Fsp3) is 0.600. The number of nitrogens with zero attached hydrogens (tertiary/aromatic N) is 2. The zero-order valence-electron chi connectivity index (χ0n) is 11.6. The van der Waals surface area contributed by atoms with Gasteiger partial charge in [-0.3, -0.25) is 9.78 Å². The molecule has 0 aromatic carbocycles. The highest BCUT2D eigenvalue weighted by atomic mass is 16.2. The molecule has 1 fully saturated rings. The number of hydrogen-bond acceptors (Lipinski definition) is 3. The van der Waals surface area contributed by atoms with E-state index in [1.54, 1.807) is 12.4 Å². The Labute approximate surface area is 115 Å². The summed E-state index contributed by atoms with van der Waals surface area (Å²) in [5.41, 5.74) is 1.04. The number of aromatic nitrogens is 1. The first-order chi connectivity index (χ1) is 9.29. The highest BCUT2D eigenvalue weighted by Crippen LogP contribution is 2.10. The minimum atomic E-state index is 0.209. The van der Waals surface area contributed by atoms with Crippen LogP contribution in [0.1, 0.15) is 31.7 Å². The van der Waals surface area contributed by atoms with Gasteiger partial charge >= 0.3 is 0 Å². The average molecular weight is 261 g/mol. The molecule has 1 amide bonds. The smallest absolute Gasteiger partial charge is 0.227 e. The Bertz CT molecular complexity index is 388. The second-order valence-electron chi connectivity index (χ2n) is 5.11. The number of carbonyl (C=O) groups excluding carboxylic acids is 1. The second kappa shape index (κ2) is 7.24. The van der Waals surface area contributed by atoms with Gasteiger partial charge in [-0.25, -0.2) is 0 Å². The Kier molecular flexibility index (Phi) is 5.33. The Balaban J connectivity index is 1.87. The summed E-state index contributed by atoms with van der Waals surface area (Å²) < 4.78 is 0. The van der Waals surface area contributed by atoms with Gasteiger partial charge in [0.25, 0.3) is 0 Å². The number of amides is 1. The number of nitrogens with one attached hydrogen (secondary N) is 1. The summed E-state index contributed by atoms with van der Waals surface area (Å²) in [6.45, 7) is 4.75. The third-order valence-electron chi connectivity index (χ3n) is 3.69. The van der Waals surface area contributed by atoms with Gasteiger partial charge in [-0.15, -0.1) is 0 Å². The zero-order chi connectivity index (χ0) is 13.5. The van der Waals surface area contributed by atoms with Crippen molar-refractivity contribution in [3.63, 3.8) is 0 Å². The van der Waals surface area contributed by atoms with Crippen molar-refractivity contribution in [2.45, 2.75) is 38.6 Å². The largest absolute Gasteiger partial charge is 0.341 e. The molecule has 1 aliphatic rings. The van der Waals surface area contributed by atoms with Gasteiger partial charge in [-0.2, -0.15) is 0 Å². The molecular weight excluding hydrogens is 238 g/mol. The van der Waals surface area contributed by atoms with Crippen molar-refractivity contribution in [3.8, 4) is 0 Å². The standard InChI is InChI=1S/C15H23N3O/c1-2-18(12-14-5-3-4-8-17-14)15(19)11-13-6-9-16-10-7-13/h6-7,9-10,14,17H,2-5,8,11-12H2,1H3. The maximum Gasteiger partial charge on any atom is 0.227 e. The number of carbonyl (C=O) groups is 1. The van der Waals surface area contributed by atoms with Crippen molar-refractivity contribution in [3.05, 3.63) is 30.1 Å². The number of pyridine rings is 1. The van der Waals surface area contributed by atoms with Crippen LogP contribution in [0.3, 0.4) is 0 Å². The second-order valence-corrected chi connectivity index (χ2v) is 5.11. The van der Waals surface area contributed by atoms with Crippen LogP contribution in [0, 0.1) is 0 Å². The first-order valence-corrected chi connectivity index (χ1v) is 7.19. The van der Waals surface area contributed by atoms with E-state index in [9.17, 15) is 4.79 Å². The van der Waals surface area contributed by atoms with Gasteiger partial charge in [0.15, 0.2) is 0 Å². The van der Waals surface area contributed by atoms with Crippen LogP contribution in [0.2, 0.25) is 0 Å². The normalized spacial score (nSPS) is 19.1. The molecule has 0 saturated carbocycles. The monoisotopic (exact) mass is 261 g/mol. The van der Waals surface area contributed by atoms with Crippen molar-refractivity contribution in [1.82, 2.24) is 15.2 Å². The minimum absolute atomic E-state index is 0.209. The predicted octanol–water partition coefficient (Wildman–Crippen LogP) is 1.61. The Morgan fingerprint density at radius 1 is 1.42 bits per heavy atom. The van der Waals surface area contributed by atoms with Gasteiger partial charge < -0.3 is 10.2 Å². The highest BCUT2D eigenvalue weighted by molar-refractivity contribution is 5.78. The number of piperidine rings is 1. The van der Waals surface area contributed by atoms with Gasteiger partial charge in [0, 0.05) is 31.5 Å². The molecule has 1 atom stereocenters. The lowest BCUT2D eigenvalue weighted by Gasteiger charge is -2.30. The van der Waals surface area contributed by atoms with E-state index in [4.69, 9.17) is 0 Å². The summed E-state index contributed by atoms with van der Waals surface area (Å²) in [7, 11) is 0. The van der Waals surface area contributed by atoms with E-state index in [2.05, 4.69) is 10.3 Å². The Morgan fingerprint density at radius 2 is 2.21 bits per heavy atom. The van der Waals surface area contributed by atoms with Crippen molar-refractivity contribution in [1.29, 1.82) is 0 Å². The minimum Gasteiger partial charge on any atom is -0.341 e. The third-order valence-corrected chi connectivity index (χ3v) is 3.69. The maximum atomic E-state index is 12.3. The van der Waals surface area contributed by atoms with Gasteiger partial charge in [-0.05, 0) is 44.0 Å². The summed E-state index contributed by atoms with van der Waals surface area (Å²) in [6.07, 6.45) is 7.66. The van der Waals surface area contributed by atoms with Crippen molar-refractivity contribution in [2.24, 2.45) is 0 Å². The van der Waals surface area contributed by atoms with E-state index in [0.717, 1.165) is 25.2 Å². The first-order valence-electron chi connectivity index (χ1n) is 7.19. The van der Waals surface area contributed by atoms with Crippen molar-refractivity contribution in [2.75, 3.05) is 19.6 Å². The molecule has 1 aromatic rings. The van der Waals surface area contributed by atoms with Crippen LogP contribution in [-0.4, -0.2) is 41.5 Å². The molecule has 104 valence electrons. The number of hydrogen-bond donors (Lipinski definition) is 1. The molecule has 1 aliphatic heterocycles. The van der Waals surface area contributed by atoms with Crippen molar-refractivity contribution < 1.29 is 4.79 Å². The SMILES string of the molecule is CCN(CC1CCCCN1)C(=O)Cc1ccncc1. The topological polar surface area (TPSA) is 45.2 Å². The molecule has 0 radical (unpaired) electrons. The first kappa shape index (κ1) is 14.0. The Morgan fingerprint density at radius 3 is 2.84 bits per heavy atom. The molecule has 1 aromatic heterocycles. The fourth-order valence-corrected chi connectivity index (χ4v) is 2.54. The van der Waals surface area contributed by atoms with Crippen LogP contribution in [0.25, 0.3) is 0 Å². The molecule has 0 aliphatic carbocycles. The van der Waals surface area contributed by atoms with Crippen LogP contribution >= 0.6 is 0 Å². The number of likely N-dealkylation sites (N-methyl/N-ethyl adjacent to an activating group) is 1. The third kappa shape index (κ3) is 4.31. The molecule has 1 unspecified atom stereocenters. The molecule has 19 heavy (non-hydrogen) atoms. The molecule has 0 bridgehead atoms. The molecular formula is C15H23N3O. The molecule has 4 heteroatoms. The van der Waals surface area contributed by atoms with E-state index in [1.807, 2.05) is 24.0 Å². The summed E-state index contributed by atoms with van der Waals surface area (Å²) in [4.78, 5) is 18.2. The molecule has 2 heterocycles. The van der Waals surface area contributed by atoms with Crippen LogP contribution in [0.5, 0.6) is 0 Å². The molecule has 1 saturated heterocycles. The van der Waals surface area contributed by atoms with Gasteiger partial charge in [0.1, 0.15) is 0 Å². The summed E-state index contributed by atoms with van der Waals surface area (Å²) >= 11 is 0. The maximum absolute atomic E-state index is 12.3. The molecule has 1 N–H and O–H groups in total. The summed E-state index contributed by atoms with van der Waals surface area (Å²) in [5.74, 6) is 0.209. The predicted molar refractivity (Wildman–Crippen MR) is 75.8 cm³/mol. The Hall–Kier alpha value is -1.42. The fourth-order valence-electron chi connectivity index (χ4n) is 2.54. The quantitative estimate of drug-likeness (QED) is 0.876. The highest BCUT2D eigenvalue weighted by Gasteiger charge is 2.19. The van der Waals surface area contributed by atoms with Crippen LogP contribution in [0.15, 0.2) is 24.5 Å². The molecule has 0 spiro atoms. The van der Waals surface area contributed by atoms with E-state index >= 15 is 0 Å². The summed E-state index contributed by atoms with van der Waals surface area (Å²) in [5, 5.41) is 3.50. The van der Waals surface area contributed by atoms with E-state index in [0.29, 0.717) is 12.5 Å².